The quantitative estimate of drug-likeness (QED) is 0.832. The van der Waals surface area contributed by atoms with Gasteiger partial charge in [0.15, 0.2) is 0 Å². The Balaban J connectivity index is 1.68. The smallest absolute Gasteiger partial charge is 0.240 e. The fraction of sp³-hybridized carbons (Fsp3) is 0.333. The van der Waals surface area contributed by atoms with E-state index in [-0.39, 0.29) is 10.9 Å². The fourth-order valence-electron chi connectivity index (χ4n) is 2.88. The van der Waals surface area contributed by atoms with E-state index in [1.54, 1.807) is 48.5 Å². The predicted octanol–water partition coefficient (Wildman–Crippen LogP) is 3.55. The number of sulfonamides is 1. The highest BCUT2D eigenvalue weighted by Gasteiger charge is 2.24. The van der Waals surface area contributed by atoms with Crippen molar-refractivity contribution < 1.29 is 13.2 Å². The van der Waals surface area contributed by atoms with E-state index in [1.807, 2.05) is 0 Å². The molecule has 1 heterocycles. The molecule has 2 unspecified atom stereocenters. The lowest BCUT2D eigenvalue weighted by molar-refractivity contribution is 0.361. The fourth-order valence-corrected chi connectivity index (χ4v) is 4.34. The summed E-state index contributed by atoms with van der Waals surface area (Å²) < 4.78 is 33.5. The maximum Gasteiger partial charge on any atom is 0.240 e. The van der Waals surface area contributed by atoms with Gasteiger partial charge < -0.3 is 10.1 Å². The predicted molar refractivity (Wildman–Crippen MR) is 98.8 cm³/mol. The van der Waals surface area contributed by atoms with Crippen LogP contribution in [0.15, 0.2) is 53.4 Å². The molecule has 2 N–H and O–H groups in total. The van der Waals surface area contributed by atoms with Crippen LogP contribution in [0.3, 0.4) is 0 Å². The summed E-state index contributed by atoms with van der Waals surface area (Å²) in [5.74, 6) is 1.15. The van der Waals surface area contributed by atoms with Gasteiger partial charge in [-0.25, -0.2) is 13.1 Å². The van der Waals surface area contributed by atoms with Gasteiger partial charge in [0, 0.05) is 17.1 Å². The zero-order chi connectivity index (χ0) is 17.9. The number of ether oxygens (including phenoxy) is 1. The summed E-state index contributed by atoms with van der Waals surface area (Å²) >= 11 is 5.93. The SMILES string of the molecule is CC1CC(NS(=O)(=O)c2ccc(Oc3cccc(Cl)c3)cc2)CCN1. The van der Waals surface area contributed by atoms with Gasteiger partial charge in [-0.1, -0.05) is 17.7 Å². The standard InChI is InChI=1S/C18H21ClN2O3S/c1-13-11-15(9-10-20-13)21-25(22,23)18-7-5-16(6-8-18)24-17-4-2-3-14(19)12-17/h2-8,12-13,15,20-21H,9-11H2,1H3. The Morgan fingerprint density at radius 3 is 2.60 bits per heavy atom. The molecule has 0 radical (unpaired) electrons. The molecule has 0 amide bonds. The van der Waals surface area contributed by atoms with Crippen LogP contribution < -0.4 is 14.8 Å². The lowest BCUT2D eigenvalue weighted by atomic mass is 10.0. The third-order valence-electron chi connectivity index (χ3n) is 4.11. The molecule has 3 rings (SSSR count). The second-order valence-corrected chi connectivity index (χ2v) is 8.38. The first kappa shape index (κ1) is 18.2. The molecule has 1 aliphatic heterocycles. The van der Waals surface area contributed by atoms with Gasteiger partial charge in [-0.15, -0.1) is 0 Å². The molecular formula is C18H21ClN2O3S. The molecule has 0 spiro atoms. The molecule has 0 saturated carbocycles. The minimum atomic E-state index is -3.53. The Kier molecular flexibility index (Phi) is 5.64. The van der Waals surface area contributed by atoms with Crippen molar-refractivity contribution in [2.24, 2.45) is 0 Å². The molecule has 0 aromatic heterocycles. The highest BCUT2D eigenvalue weighted by atomic mass is 35.5. The highest BCUT2D eigenvalue weighted by Crippen LogP contribution is 2.25. The van der Waals surface area contributed by atoms with Crippen molar-refractivity contribution in [2.45, 2.75) is 36.7 Å². The second kappa shape index (κ2) is 7.74. The van der Waals surface area contributed by atoms with E-state index < -0.39 is 10.0 Å². The van der Waals surface area contributed by atoms with Crippen molar-refractivity contribution in [3.05, 3.63) is 53.6 Å². The first-order valence-corrected chi connectivity index (χ1v) is 10.1. The number of hydrogen-bond acceptors (Lipinski definition) is 4. The van der Waals surface area contributed by atoms with Gasteiger partial charge in [0.1, 0.15) is 11.5 Å². The zero-order valence-electron chi connectivity index (χ0n) is 13.9. The third kappa shape index (κ3) is 4.95. The molecule has 2 aromatic carbocycles. The molecule has 0 bridgehead atoms. The number of rotatable bonds is 5. The first-order valence-electron chi connectivity index (χ1n) is 8.21. The first-order chi connectivity index (χ1) is 11.9. The van der Waals surface area contributed by atoms with Gasteiger partial charge in [0.2, 0.25) is 10.0 Å². The second-order valence-electron chi connectivity index (χ2n) is 6.23. The summed E-state index contributed by atoms with van der Waals surface area (Å²) in [4.78, 5) is 0.233. The number of nitrogens with one attached hydrogen (secondary N) is 2. The van der Waals surface area contributed by atoms with Crippen LogP contribution in [0, 0.1) is 0 Å². The highest BCUT2D eigenvalue weighted by molar-refractivity contribution is 7.89. The van der Waals surface area contributed by atoms with Gasteiger partial charge in [-0.05, 0) is 68.8 Å². The summed E-state index contributed by atoms with van der Waals surface area (Å²) in [6.45, 7) is 2.88. The van der Waals surface area contributed by atoms with Gasteiger partial charge in [0.25, 0.3) is 0 Å². The average Bonchev–Trinajstić information content (AvgIpc) is 2.55. The zero-order valence-corrected chi connectivity index (χ0v) is 15.5. The van der Waals surface area contributed by atoms with Gasteiger partial charge >= 0.3 is 0 Å². The lowest BCUT2D eigenvalue weighted by Crippen LogP contribution is -2.46. The third-order valence-corrected chi connectivity index (χ3v) is 5.88. The molecule has 5 nitrogen and oxygen atoms in total. The molecule has 1 aliphatic rings. The molecule has 25 heavy (non-hydrogen) atoms. The normalized spacial score (nSPS) is 21.0. The maximum atomic E-state index is 12.5. The minimum Gasteiger partial charge on any atom is -0.457 e. The number of hydrogen-bond donors (Lipinski definition) is 2. The van der Waals surface area contributed by atoms with Crippen LogP contribution in [0.5, 0.6) is 11.5 Å². The van der Waals surface area contributed by atoms with Crippen LogP contribution in [0.25, 0.3) is 0 Å². The van der Waals surface area contributed by atoms with E-state index in [0.29, 0.717) is 22.6 Å². The summed E-state index contributed by atoms with van der Waals surface area (Å²) in [6, 6.07) is 13.7. The van der Waals surface area contributed by atoms with Gasteiger partial charge in [-0.2, -0.15) is 0 Å². The van der Waals surface area contributed by atoms with E-state index in [1.165, 1.54) is 0 Å². The maximum absolute atomic E-state index is 12.5. The molecule has 134 valence electrons. The van der Waals surface area contributed by atoms with E-state index in [2.05, 4.69) is 17.0 Å². The molecule has 1 fully saturated rings. The Bertz CT molecular complexity index is 824. The summed E-state index contributed by atoms with van der Waals surface area (Å²) in [5, 5.41) is 3.89. The largest absolute Gasteiger partial charge is 0.457 e. The van der Waals surface area contributed by atoms with Crippen LogP contribution in [0.2, 0.25) is 5.02 Å². The number of piperidine rings is 1. The summed E-state index contributed by atoms with van der Waals surface area (Å²) in [7, 11) is -3.53. The molecule has 7 heteroatoms. The van der Waals surface area contributed by atoms with Crippen molar-refractivity contribution in [1.82, 2.24) is 10.0 Å². The van der Waals surface area contributed by atoms with Crippen LogP contribution in [0.1, 0.15) is 19.8 Å². The van der Waals surface area contributed by atoms with Crippen molar-refractivity contribution >= 4 is 21.6 Å². The lowest BCUT2D eigenvalue weighted by Gasteiger charge is -2.28. The minimum absolute atomic E-state index is 0.0383. The van der Waals surface area contributed by atoms with Crippen molar-refractivity contribution in [3.8, 4) is 11.5 Å². The molecule has 2 aromatic rings. The van der Waals surface area contributed by atoms with E-state index >= 15 is 0 Å². The number of benzene rings is 2. The summed E-state index contributed by atoms with van der Waals surface area (Å²) in [5.41, 5.74) is 0. The van der Waals surface area contributed by atoms with E-state index in [4.69, 9.17) is 16.3 Å². The summed E-state index contributed by atoms with van der Waals surface area (Å²) in [6.07, 6.45) is 1.58. The Labute approximate surface area is 153 Å². The van der Waals surface area contributed by atoms with E-state index in [0.717, 1.165) is 19.4 Å². The van der Waals surface area contributed by atoms with Gasteiger partial charge in [-0.3, -0.25) is 0 Å². The molecule has 0 aliphatic carbocycles. The number of halogens is 1. The topological polar surface area (TPSA) is 67.4 Å². The average molecular weight is 381 g/mol. The van der Waals surface area contributed by atoms with Crippen molar-refractivity contribution in [3.63, 3.8) is 0 Å². The van der Waals surface area contributed by atoms with E-state index in [9.17, 15) is 8.42 Å². The Morgan fingerprint density at radius 1 is 1.16 bits per heavy atom. The molecule has 2 atom stereocenters. The van der Waals surface area contributed by atoms with Crippen LogP contribution in [-0.4, -0.2) is 27.0 Å². The van der Waals surface area contributed by atoms with Crippen molar-refractivity contribution in [2.75, 3.05) is 6.54 Å². The van der Waals surface area contributed by atoms with Crippen LogP contribution in [0.4, 0.5) is 0 Å². The molecule has 1 saturated heterocycles. The molecular weight excluding hydrogens is 360 g/mol. The Morgan fingerprint density at radius 2 is 1.92 bits per heavy atom. The van der Waals surface area contributed by atoms with Crippen LogP contribution in [-0.2, 0) is 10.0 Å². The monoisotopic (exact) mass is 380 g/mol. The van der Waals surface area contributed by atoms with Gasteiger partial charge in [0.05, 0.1) is 4.90 Å². The Hall–Kier alpha value is -1.60. The van der Waals surface area contributed by atoms with Crippen molar-refractivity contribution in [1.29, 1.82) is 0 Å². The van der Waals surface area contributed by atoms with Crippen LogP contribution >= 0.6 is 11.6 Å².